The molecule has 0 aliphatic heterocycles. The van der Waals surface area contributed by atoms with Gasteiger partial charge in [-0.05, 0) is 121 Å². The van der Waals surface area contributed by atoms with Crippen molar-refractivity contribution in [3.05, 3.63) is 164 Å². The molecule has 70 heavy (non-hydrogen) atoms. The fourth-order valence-corrected chi connectivity index (χ4v) is 8.00. The molecule has 6 rings (SSSR count). The van der Waals surface area contributed by atoms with Gasteiger partial charge in [0.15, 0.2) is 0 Å². The Kier molecular flexibility index (Phi) is 18.4. The number of aryl methyl sites for hydroxylation is 3. The van der Waals surface area contributed by atoms with Crippen LogP contribution in [0.3, 0.4) is 0 Å². The predicted molar refractivity (Wildman–Crippen MR) is 260 cm³/mol. The number of carboxylic acids is 2. The van der Waals surface area contributed by atoms with Crippen molar-refractivity contribution in [3.63, 3.8) is 0 Å². The van der Waals surface area contributed by atoms with Gasteiger partial charge in [0.05, 0.1) is 36.2 Å². The van der Waals surface area contributed by atoms with E-state index in [-0.39, 0.29) is 45.8 Å². The maximum absolute atomic E-state index is 11.1. The van der Waals surface area contributed by atoms with Gasteiger partial charge in [0, 0.05) is 66.7 Å². The second kappa shape index (κ2) is 25.0. The first-order chi connectivity index (χ1) is 33.7. The fraction of sp³-hybridized carbons (Fsp3) is 0.309. The van der Waals surface area contributed by atoms with Crippen LogP contribution in [0.5, 0.6) is 23.0 Å². The van der Waals surface area contributed by atoms with Crippen molar-refractivity contribution in [3.8, 4) is 46.3 Å². The topological polar surface area (TPSA) is 237 Å². The van der Waals surface area contributed by atoms with E-state index < -0.39 is 24.1 Å². The minimum Gasteiger partial charge on any atom is -0.488 e. The molecule has 0 aliphatic rings. The monoisotopic (exact) mass is 947 g/mol. The molecule has 2 heterocycles. The Morgan fingerprint density at radius 2 is 1.07 bits per heavy atom. The number of nitrogens with one attached hydrogen (secondary N) is 1. The maximum atomic E-state index is 11.1. The lowest BCUT2D eigenvalue weighted by molar-refractivity contribution is -0.140. The van der Waals surface area contributed by atoms with Crippen LogP contribution in [0.2, 0.25) is 0 Å². The first-order valence-electron chi connectivity index (χ1n) is 22.8. The van der Waals surface area contributed by atoms with Crippen LogP contribution in [0.15, 0.2) is 97.6 Å². The van der Waals surface area contributed by atoms with Gasteiger partial charge in [-0.2, -0.15) is 10.5 Å². The summed E-state index contributed by atoms with van der Waals surface area (Å²) in [7, 11) is 0. The third-order valence-electron chi connectivity index (χ3n) is 11.8. The van der Waals surface area contributed by atoms with Crippen molar-refractivity contribution in [2.75, 3.05) is 6.54 Å². The molecule has 4 aromatic carbocycles. The normalized spacial score (nSPS) is 11.8. The van der Waals surface area contributed by atoms with E-state index >= 15 is 0 Å². The number of aliphatic hydroxyl groups excluding tert-OH is 2. The van der Waals surface area contributed by atoms with Crippen LogP contribution in [0.1, 0.15) is 92.4 Å². The largest absolute Gasteiger partial charge is 0.488 e. The number of carboxylic acid groups (broad SMARTS) is 2. The second-order valence-corrected chi connectivity index (χ2v) is 17.2. The van der Waals surface area contributed by atoms with Crippen LogP contribution in [-0.2, 0) is 49.0 Å². The highest BCUT2D eigenvalue weighted by Crippen LogP contribution is 2.35. The van der Waals surface area contributed by atoms with E-state index in [0.717, 1.165) is 61.2 Å². The Labute approximate surface area is 407 Å². The summed E-state index contributed by atoms with van der Waals surface area (Å²) < 4.78 is 25.6. The maximum Gasteiger partial charge on any atom is 0.306 e. The third-order valence-corrected chi connectivity index (χ3v) is 11.8. The molecule has 362 valence electrons. The molecule has 2 aromatic heterocycles. The Balaban J connectivity index is 1.18. The molecule has 0 saturated heterocycles. The van der Waals surface area contributed by atoms with Crippen molar-refractivity contribution >= 4 is 11.9 Å². The number of nitrogens with zero attached hydrogens (tertiary/aromatic N) is 4. The Morgan fingerprint density at radius 1 is 0.600 bits per heavy atom. The summed E-state index contributed by atoms with van der Waals surface area (Å²) in [6.07, 6.45) is 4.93. The van der Waals surface area contributed by atoms with E-state index in [1.807, 2.05) is 62.4 Å². The standard InChI is InChI=1S/C55H57N5O10/c1-34-14-42(8-5-11-46(61)18-54(63)64)52(67-30-40-16-38(22-56)24-58-26-40)20-50(34)69-32-43-9-6-12-48(36(43)3)49-13-7-10-44(37(49)4)33-70-51-21-53(68-31-41-17-39(23-57)25-59-27-41)45(15-35(51)2)28-60-29-47(62)19-55(65)66/h6-7,9-10,12-17,20-21,24-27,46-47,60-62H,5,8,11,18-19,28-33H2,1-4H3,(H,63,64)(H,65,66)/t46-,47+/m1/s1. The van der Waals surface area contributed by atoms with Crippen LogP contribution in [0.4, 0.5) is 0 Å². The van der Waals surface area contributed by atoms with Crippen LogP contribution in [-0.4, -0.2) is 61.1 Å². The van der Waals surface area contributed by atoms with Gasteiger partial charge in [-0.25, -0.2) is 0 Å². The highest BCUT2D eigenvalue weighted by Gasteiger charge is 2.18. The SMILES string of the molecule is Cc1cc(CCC[C@@H](O)CC(=O)O)c(OCc2cncc(C#N)c2)cc1OCc1cccc(-c2cccc(COc3cc(OCc4cncc(C#N)c4)c(CNC[C@@H](O)CC(=O)O)cc3C)c2C)c1C. The van der Waals surface area contributed by atoms with Gasteiger partial charge in [0.2, 0.25) is 0 Å². The van der Waals surface area contributed by atoms with Crippen LogP contribution >= 0.6 is 0 Å². The lowest BCUT2D eigenvalue weighted by atomic mass is 9.92. The molecule has 0 unspecified atom stereocenters. The number of ether oxygens (including phenoxy) is 4. The predicted octanol–water partition coefficient (Wildman–Crippen LogP) is 8.52. The van der Waals surface area contributed by atoms with Gasteiger partial charge in [0.25, 0.3) is 0 Å². The molecule has 0 aliphatic carbocycles. The summed E-state index contributed by atoms with van der Waals surface area (Å²) in [6.45, 7) is 9.22. The fourth-order valence-electron chi connectivity index (χ4n) is 8.00. The number of hydrogen-bond donors (Lipinski definition) is 5. The molecule has 0 radical (unpaired) electrons. The lowest BCUT2D eigenvalue weighted by Gasteiger charge is -2.19. The molecule has 0 amide bonds. The number of pyridine rings is 2. The van der Waals surface area contributed by atoms with Crippen LogP contribution < -0.4 is 24.3 Å². The number of rotatable bonds is 25. The molecular weight excluding hydrogens is 891 g/mol. The van der Waals surface area contributed by atoms with Gasteiger partial charge in [-0.15, -0.1) is 0 Å². The molecule has 5 N–H and O–H groups in total. The minimum atomic E-state index is -1.09. The molecule has 0 spiro atoms. The second-order valence-electron chi connectivity index (χ2n) is 17.2. The third kappa shape index (κ3) is 14.6. The first-order valence-corrected chi connectivity index (χ1v) is 22.8. The van der Waals surface area contributed by atoms with Gasteiger partial charge >= 0.3 is 11.9 Å². The highest BCUT2D eigenvalue weighted by molar-refractivity contribution is 5.72. The number of aromatic nitrogens is 2. The van der Waals surface area contributed by atoms with Crippen molar-refractivity contribution in [2.45, 2.75) is 105 Å². The van der Waals surface area contributed by atoms with Crippen molar-refractivity contribution in [1.82, 2.24) is 15.3 Å². The van der Waals surface area contributed by atoms with Crippen LogP contribution in [0.25, 0.3) is 11.1 Å². The van der Waals surface area contributed by atoms with E-state index in [9.17, 15) is 30.3 Å². The summed E-state index contributed by atoms with van der Waals surface area (Å²) in [4.78, 5) is 30.5. The van der Waals surface area contributed by atoms with Gasteiger partial charge in [-0.1, -0.05) is 36.4 Å². The summed E-state index contributed by atoms with van der Waals surface area (Å²) >= 11 is 0. The first kappa shape index (κ1) is 51.6. The minimum absolute atomic E-state index is 0.0706. The smallest absolute Gasteiger partial charge is 0.306 e. The number of hydrogen-bond acceptors (Lipinski definition) is 13. The zero-order valence-electron chi connectivity index (χ0n) is 39.7. The van der Waals surface area contributed by atoms with E-state index in [1.165, 1.54) is 12.4 Å². The van der Waals surface area contributed by atoms with E-state index in [2.05, 4.69) is 53.4 Å². The molecular formula is C55H57N5O10. The number of aliphatic hydroxyl groups is 2. The molecule has 0 bridgehead atoms. The van der Waals surface area contributed by atoms with Gasteiger partial charge < -0.3 is 44.7 Å². The van der Waals surface area contributed by atoms with Crippen molar-refractivity contribution in [2.24, 2.45) is 0 Å². The zero-order valence-corrected chi connectivity index (χ0v) is 39.7. The Morgan fingerprint density at radius 3 is 1.57 bits per heavy atom. The molecule has 0 fully saturated rings. The summed E-state index contributed by atoms with van der Waals surface area (Å²) in [5.74, 6) is 0.187. The number of nitriles is 2. The van der Waals surface area contributed by atoms with Crippen LogP contribution in [0, 0.1) is 50.4 Å². The molecule has 2 atom stereocenters. The summed E-state index contributed by atoms with van der Waals surface area (Å²) in [5.41, 5.74) is 11.8. The average Bonchev–Trinajstić information content (AvgIpc) is 3.33. The number of aliphatic carboxylic acids is 2. The van der Waals surface area contributed by atoms with E-state index in [0.29, 0.717) is 65.5 Å². The average molecular weight is 948 g/mol. The number of carbonyl (C=O) groups is 2. The van der Waals surface area contributed by atoms with Gasteiger partial charge in [-0.3, -0.25) is 19.6 Å². The molecule has 0 saturated carbocycles. The summed E-state index contributed by atoms with van der Waals surface area (Å²) in [5, 5.41) is 60.3. The molecule has 6 aromatic rings. The number of benzene rings is 4. The lowest BCUT2D eigenvalue weighted by Crippen LogP contribution is -2.28. The van der Waals surface area contributed by atoms with E-state index in [1.54, 1.807) is 24.5 Å². The highest BCUT2D eigenvalue weighted by atomic mass is 16.5. The Hall–Kier alpha value is -7.82. The van der Waals surface area contributed by atoms with Gasteiger partial charge in [0.1, 0.15) is 61.6 Å². The zero-order chi connectivity index (χ0) is 50.2. The molecule has 15 nitrogen and oxygen atoms in total. The van der Waals surface area contributed by atoms with Crippen molar-refractivity contribution < 1.29 is 49.0 Å². The Bertz CT molecular complexity index is 2700. The summed E-state index contributed by atoms with van der Waals surface area (Å²) in [6, 6.07) is 27.5. The van der Waals surface area contributed by atoms with E-state index in [4.69, 9.17) is 29.2 Å². The molecule has 15 heteroatoms. The van der Waals surface area contributed by atoms with Crippen molar-refractivity contribution in [1.29, 1.82) is 10.5 Å². The quantitative estimate of drug-likeness (QED) is 0.0362.